The minimum Gasteiger partial charge on any atom is -0.488 e. The molecule has 13 heteroatoms. The molecule has 0 saturated carbocycles. The summed E-state index contributed by atoms with van der Waals surface area (Å²) in [6.45, 7) is 1.27. The van der Waals surface area contributed by atoms with Crippen LogP contribution in [-0.4, -0.2) is 17.9 Å². The Morgan fingerprint density at radius 1 is 0.638 bits per heavy atom. The molecule has 0 radical (unpaired) electrons. The first-order valence-corrected chi connectivity index (χ1v) is 13.7. The highest BCUT2D eigenvalue weighted by Crippen LogP contribution is 2.34. The summed E-state index contributed by atoms with van der Waals surface area (Å²) >= 11 is 0. The molecule has 0 heterocycles. The zero-order valence-electron chi connectivity index (χ0n) is 24.6. The fourth-order valence-corrected chi connectivity index (χ4v) is 3.91. The first-order chi connectivity index (χ1) is 22.1. The van der Waals surface area contributed by atoms with E-state index in [9.17, 15) is 49.5 Å². The Balaban J connectivity index is 0.000000261. The molecule has 0 unspecified atom stereocenters. The number of aldehydes is 1. The molecule has 0 bridgehead atoms. The Morgan fingerprint density at radius 2 is 1.09 bits per heavy atom. The van der Waals surface area contributed by atoms with Crippen LogP contribution in [0.5, 0.6) is 11.5 Å². The van der Waals surface area contributed by atoms with Crippen LogP contribution in [0.2, 0.25) is 0 Å². The Kier molecular flexibility index (Phi) is 12.4. The van der Waals surface area contributed by atoms with Gasteiger partial charge in [-0.05, 0) is 78.7 Å². The number of hydrogen-bond donors (Lipinski definition) is 0. The van der Waals surface area contributed by atoms with E-state index < -0.39 is 40.9 Å². The van der Waals surface area contributed by atoms with Gasteiger partial charge in [-0.25, -0.2) is 8.78 Å². The van der Waals surface area contributed by atoms with E-state index in [1.165, 1.54) is 55.5 Å². The van der Waals surface area contributed by atoms with Crippen molar-refractivity contribution in [2.75, 3.05) is 0 Å². The number of rotatable bonds is 11. The van der Waals surface area contributed by atoms with E-state index in [1.54, 1.807) is 0 Å². The van der Waals surface area contributed by atoms with Gasteiger partial charge in [-0.2, -0.15) is 26.3 Å². The Bertz CT molecular complexity index is 1680. The molecule has 0 spiro atoms. The second kappa shape index (κ2) is 16.0. The van der Waals surface area contributed by atoms with Crippen LogP contribution in [0.15, 0.2) is 84.9 Å². The topological polar surface area (TPSA) is 69.7 Å². The maximum absolute atomic E-state index is 12.9. The van der Waals surface area contributed by atoms with E-state index in [0.717, 1.165) is 36.4 Å². The van der Waals surface area contributed by atoms with Gasteiger partial charge in [0.15, 0.2) is 12.1 Å². The molecule has 0 fully saturated rings. The first-order valence-electron chi connectivity index (χ1n) is 13.7. The van der Waals surface area contributed by atoms with Crippen molar-refractivity contribution in [3.63, 3.8) is 0 Å². The van der Waals surface area contributed by atoms with E-state index in [4.69, 9.17) is 9.47 Å². The number of alkyl halides is 6. The largest absolute Gasteiger partial charge is 0.488 e. The molecule has 0 aromatic heterocycles. The molecule has 47 heavy (non-hydrogen) atoms. The summed E-state index contributed by atoms with van der Waals surface area (Å²) in [7, 11) is 0. The minimum atomic E-state index is -4.61. The van der Waals surface area contributed by atoms with Crippen molar-refractivity contribution < 1.29 is 59.0 Å². The Morgan fingerprint density at radius 3 is 1.53 bits per heavy atom. The van der Waals surface area contributed by atoms with E-state index >= 15 is 0 Å². The zero-order chi connectivity index (χ0) is 34.8. The summed E-state index contributed by atoms with van der Waals surface area (Å²) in [5.41, 5.74) is -1.09. The molecule has 248 valence electrons. The number of ether oxygens (including phenoxy) is 2. The molecule has 0 aliphatic rings. The summed E-state index contributed by atoms with van der Waals surface area (Å²) in [5.74, 6) is -1.65. The SMILES string of the molecule is CC(=O)CCC(=O)c1cc(C(F)(F)F)ccc1OCc1ccc(F)cc1.O=Cc1cc(C(F)(F)F)ccc1OCc1ccc(F)cc1. The fraction of sp³-hybridized carbons (Fsp3) is 0.206. The van der Waals surface area contributed by atoms with Crippen molar-refractivity contribution in [1.82, 2.24) is 0 Å². The van der Waals surface area contributed by atoms with Crippen molar-refractivity contribution in [2.24, 2.45) is 0 Å². The lowest BCUT2D eigenvalue weighted by molar-refractivity contribution is -0.138. The molecule has 4 rings (SSSR count). The van der Waals surface area contributed by atoms with Gasteiger partial charge in [0.2, 0.25) is 0 Å². The number of carbonyl (C=O) groups excluding carboxylic acids is 3. The second-order valence-corrected chi connectivity index (χ2v) is 10.0. The molecular weight excluding hydrogens is 640 g/mol. The van der Waals surface area contributed by atoms with E-state index in [1.807, 2.05) is 0 Å². The summed E-state index contributed by atoms with van der Waals surface area (Å²) in [6.07, 6.45) is -9.09. The normalized spacial score (nSPS) is 11.3. The van der Waals surface area contributed by atoms with Crippen LogP contribution in [0.25, 0.3) is 0 Å². The highest BCUT2D eigenvalue weighted by atomic mass is 19.4. The number of ketones is 2. The molecule has 0 saturated heterocycles. The Labute approximate surface area is 263 Å². The van der Waals surface area contributed by atoms with E-state index in [0.29, 0.717) is 17.4 Å². The summed E-state index contributed by atoms with van der Waals surface area (Å²) in [4.78, 5) is 34.2. The summed E-state index contributed by atoms with van der Waals surface area (Å²) in [6, 6.07) is 16.1. The van der Waals surface area contributed by atoms with Crippen molar-refractivity contribution in [2.45, 2.75) is 45.3 Å². The third-order valence-electron chi connectivity index (χ3n) is 6.39. The second-order valence-electron chi connectivity index (χ2n) is 10.0. The third kappa shape index (κ3) is 11.3. The predicted octanol–water partition coefficient (Wildman–Crippen LogP) is 9.21. The summed E-state index contributed by atoms with van der Waals surface area (Å²) < 4.78 is 113. The van der Waals surface area contributed by atoms with Crippen LogP contribution in [0.3, 0.4) is 0 Å². The quantitative estimate of drug-likeness (QED) is 0.0907. The predicted molar refractivity (Wildman–Crippen MR) is 154 cm³/mol. The fourth-order valence-electron chi connectivity index (χ4n) is 3.91. The van der Waals surface area contributed by atoms with Crippen LogP contribution in [-0.2, 0) is 30.4 Å². The maximum Gasteiger partial charge on any atom is 0.416 e. The van der Waals surface area contributed by atoms with Crippen LogP contribution in [0.4, 0.5) is 35.1 Å². The number of benzene rings is 4. The smallest absolute Gasteiger partial charge is 0.416 e. The monoisotopic (exact) mass is 666 g/mol. The molecule has 0 aliphatic heterocycles. The van der Waals surface area contributed by atoms with Gasteiger partial charge in [0.25, 0.3) is 0 Å². The lowest BCUT2D eigenvalue weighted by Crippen LogP contribution is -2.10. The van der Waals surface area contributed by atoms with E-state index in [-0.39, 0.29) is 54.5 Å². The average molecular weight is 667 g/mol. The van der Waals surface area contributed by atoms with E-state index in [2.05, 4.69) is 0 Å². The molecular formula is C34H26F8O5. The Hall–Kier alpha value is -5.07. The minimum absolute atomic E-state index is 0.0177. The van der Waals surface area contributed by atoms with Gasteiger partial charge in [-0.1, -0.05) is 24.3 Å². The number of Topliss-reactive ketones (excluding diaryl/α,β-unsaturated/α-hetero) is 2. The lowest BCUT2D eigenvalue weighted by Gasteiger charge is -2.14. The van der Waals surface area contributed by atoms with Crippen LogP contribution in [0, 0.1) is 11.6 Å². The lowest BCUT2D eigenvalue weighted by atomic mass is 10.0. The van der Waals surface area contributed by atoms with Gasteiger partial charge in [0, 0.05) is 12.8 Å². The molecule has 0 amide bonds. The average Bonchev–Trinajstić information content (AvgIpc) is 3.02. The van der Waals surface area contributed by atoms with Crippen LogP contribution >= 0.6 is 0 Å². The molecule has 4 aromatic carbocycles. The third-order valence-corrected chi connectivity index (χ3v) is 6.39. The standard InChI is InChI=1S/C19H16F4O3.C15H10F4O2/c1-12(24)2-8-17(25)16-10-14(19(21,22)23)5-9-18(16)26-11-13-3-6-15(20)7-4-13;16-13-4-1-10(2-5-13)9-21-14-6-3-12(15(17,18)19)7-11(14)8-20/h3-7,9-10H,2,8,11H2,1H3;1-8H,9H2. The first kappa shape index (κ1) is 36.4. The van der Waals surface area contributed by atoms with Crippen molar-refractivity contribution in [1.29, 1.82) is 0 Å². The number of hydrogen-bond acceptors (Lipinski definition) is 5. The molecule has 4 aromatic rings. The molecule has 5 nitrogen and oxygen atoms in total. The van der Waals surface area contributed by atoms with Crippen LogP contribution < -0.4 is 9.47 Å². The highest BCUT2D eigenvalue weighted by Gasteiger charge is 2.32. The van der Waals surface area contributed by atoms with Crippen molar-refractivity contribution >= 4 is 17.9 Å². The van der Waals surface area contributed by atoms with Crippen LogP contribution in [0.1, 0.15) is 62.7 Å². The highest BCUT2D eigenvalue weighted by molar-refractivity contribution is 6.00. The van der Waals surface area contributed by atoms with Crippen molar-refractivity contribution in [3.8, 4) is 11.5 Å². The number of carbonyl (C=O) groups is 3. The van der Waals surface area contributed by atoms with Gasteiger partial charge in [-0.15, -0.1) is 0 Å². The van der Waals surface area contributed by atoms with Gasteiger partial charge in [0.1, 0.15) is 42.1 Å². The zero-order valence-corrected chi connectivity index (χ0v) is 24.6. The molecule has 0 aliphatic carbocycles. The van der Waals surface area contributed by atoms with Gasteiger partial charge < -0.3 is 14.3 Å². The van der Waals surface area contributed by atoms with Gasteiger partial charge in [0.05, 0.1) is 22.3 Å². The van der Waals surface area contributed by atoms with Gasteiger partial charge >= 0.3 is 12.4 Å². The van der Waals surface area contributed by atoms with Gasteiger partial charge in [-0.3, -0.25) is 9.59 Å². The molecule has 0 atom stereocenters. The van der Waals surface area contributed by atoms with Crippen molar-refractivity contribution in [3.05, 3.63) is 130 Å². The summed E-state index contributed by atoms with van der Waals surface area (Å²) in [5, 5.41) is 0. The molecule has 0 N–H and O–H groups in total. The maximum atomic E-state index is 12.9. The number of halogens is 8.